The Kier molecular flexibility index (Phi) is 4.35. The second-order valence-corrected chi connectivity index (χ2v) is 4.84. The van der Waals surface area contributed by atoms with Gasteiger partial charge in [0.15, 0.2) is 0 Å². The molecule has 0 atom stereocenters. The van der Waals surface area contributed by atoms with E-state index < -0.39 is 0 Å². The number of amides is 1. The smallest absolute Gasteiger partial charge is 0.274 e. The molecule has 1 amide bonds. The van der Waals surface area contributed by atoms with E-state index in [-0.39, 0.29) is 12.0 Å². The summed E-state index contributed by atoms with van der Waals surface area (Å²) in [6.45, 7) is 5.82. The van der Waals surface area contributed by atoms with Crippen LogP contribution in [0, 0.1) is 6.92 Å². The lowest BCUT2D eigenvalue weighted by Gasteiger charge is -2.14. The number of rotatable bonds is 4. The van der Waals surface area contributed by atoms with Gasteiger partial charge in [0.25, 0.3) is 5.91 Å². The van der Waals surface area contributed by atoms with Crippen LogP contribution in [0.15, 0.2) is 42.6 Å². The molecule has 0 saturated heterocycles. The standard InChI is InChI=1S/C16H18N2O2/c1-11(2)20-15-7-5-4-6-13(15)18-16(19)14-10-12(3)8-9-17-14/h4-11H,1-3H3,(H,18,19). The number of hydrogen-bond donors (Lipinski definition) is 1. The number of carbonyl (C=O) groups excluding carboxylic acids is 1. The Hall–Kier alpha value is -2.36. The first-order valence-corrected chi connectivity index (χ1v) is 6.56. The summed E-state index contributed by atoms with van der Waals surface area (Å²) >= 11 is 0. The van der Waals surface area contributed by atoms with Gasteiger partial charge in [0.05, 0.1) is 11.8 Å². The highest BCUT2D eigenvalue weighted by molar-refractivity contribution is 6.03. The summed E-state index contributed by atoms with van der Waals surface area (Å²) in [6, 6.07) is 11.0. The van der Waals surface area contributed by atoms with Gasteiger partial charge in [-0.25, -0.2) is 0 Å². The monoisotopic (exact) mass is 270 g/mol. The number of carbonyl (C=O) groups is 1. The van der Waals surface area contributed by atoms with Gasteiger partial charge in [0, 0.05) is 6.20 Å². The van der Waals surface area contributed by atoms with E-state index in [2.05, 4.69) is 10.3 Å². The van der Waals surface area contributed by atoms with E-state index in [0.717, 1.165) is 5.56 Å². The van der Waals surface area contributed by atoms with Crippen molar-refractivity contribution in [3.63, 3.8) is 0 Å². The van der Waals surface area contributed by atoms with Gasteiger partial charge in [-0.05, 0) is 50.6 Å². The summed E-state index contributed by atoms with van der Waals surface area (Å²) in [5.74, 6) is 0.414. The first-order chi connectivity index (χ1) is 9.56. The molecule has 4 nitrogen and oxygen atoms in total. The summed E-state index contributed by atoms with van der Waals surface area (Å²) < 4.78 is 5.67. The number of aryl methyl sites for hydroxylation is 1. The van der Waals surface area contributed by atoms with Crippen LogP contribution < -0.4 is 10.1 Å². The van der Waals surface area contributed by atoms with Gasteiger partial charge in [-0.2, -0.15) is 0 Å². The fourth-order valence-electron chi connectivity index (χ4n) is 1.77. The van der Waals surface area contributed by atoms with Crippen molar-refractivity contribution in [2.45, 2.75) is 26.9 Å². The second kappa shape index (κ2) is 6.19. The summed E-state index contributed by atoms with van der Waals surface area (Å²) in [6.07, 6.45) is 1.67. The number of benzene rings is 1. The molecule has 1 aromatic carbocycles. The van der Waals surface area contributed by atoms with Crippen LogP contribution in [0.5, 0.6) is 5.75 Å². The summed E-state index contributed by atoms with van der Waals surface area (Å²) in [5.41, 5.74) is 2.04. The summed E-state index contributed by atoms with van der Waals surface area (Å²) in [4.78, 5) is 16.2. The summed E-state index contributed by atoms with van der Waals surface area (Å²) in [7, 11) is 0. The molecule has 1 aromatic heterocycles. The molecule has 0 unspecified atom stereocenters. The molecule has 104 valence electrons. The molecule has 1 N–H and O–H groups in total. The van der Waals surface area contributed by atoms with Gasteiger partial charge in [-0.1, -0.05) is 12.1 Å². The van der Waals surface area contributed by atoms with Crippen molar-refractivity contribution >= 4 is 11.6 Å². The number of anilines is 1. The Morgan fingerprint density at radius 2 is 2.00 bits per heavy atom. The van der Waals surface area contributed by atoms with E-state index in [1.54, 1.807) is 12.3 Å². The zero-order valence-corrected chi connectivity index (χ0v) is 11.9. The highest BCUT2D eigenvalue weighted by atomic mass is 16.5. The lowest BCUT2D eigenvalue weighted by molar-refractivity contribution is 0.102. The predicted molar refractivity (Wildman–Crippen MR) is 79.1 cm³/mol. The number of nitrogens with one attached hydrogen (secondary N) is 1. The van der Waals surface area contributed by atoms with Crippen molar-refractivity contribution in [1.29, 1.82) is 0 Å². The average Bonchev–Trinajstić information content (AvgIpc) is 2.40. The third-order valence-electron chi connectivity index (χ3n) is 2.65. The molecule has 20 heavy (non-hydrogen) atoms. The molecule has 0 spiro atoms. The van der Waals surface area contributed by atoms with Gasteiger partial charge in [-0.3, -0.25) is 9.78 Å². The number of pyridine rings is 1. The second-order valence-electron chi connectivity index (χ2n) is 4.84. The van der Waals surface area contributed by atoms with Crippen LogP contribution >= 0.6 is 0 Å². The number of ether oxygens (including phenoxy) is 1. The van der Waals surface area contributed by atoms with Crippen molar-refractivity contribution < 1.29 is 9.53 Å². The molecule has 0 saturated carbocycles. The molecule has 0 radical (unpaired) electrons. The SMILES string of the molecule is Cc1ccnc(C(=O)Nc2ccccc2OC(C)C)c1. The molecule has 0 aliphatic heterocycles. The van der Waals surface area contributed by atoms with Gasteiger partial charge >= 0.3 is 0 Å². The normalized spacial score (nSPS) is 10.4. The minimum Gasteiger partial charge on any atom is -0.489 e. The van der Waals surface area contributed by atoms with Crippen LogP contribution in [-0.2, 0) is 0 Å². The third kappa shape index (κ3) is 3.57. The van der Waals surface area contributed by atoms with Crippen LogP contribution in [0.2, 0.25) is 0 Å². The van der Waals surface area contributed by atoms with Gasteiger partial charge in [-0.15, -0.1) is 0 Å². The first kappa shape index (κ1) is 14.1. The van der Waals surface area contributed by atoms with Crippen LogP contribution in [0.4, 0.5) is 5.69 Å². The van der Waals surface area contributed by atoms with Gasteiger partial charge in [0.2, 0.25) is 0 Å². The largest absolute Gasteiger partial charge is 0.489 e. The number of aromatic nitrogens is 1. The maximum Gasteiger partial charge on any atom is 0.274 e. The van der Waals surface area contributed by atoms with E-state index in [1.165, 1.54) is 0 Å². The molecule has 2 aromatic rings. The van der Waals surface area contributed by atoms with E-state index in [1.807, 2.05) is 51.1 Å². The Labute approximate surface area is 118 Å². The molecular formula is C16H18N2O2. The third-order valence-corrected chi connectivity index (χ3v) is 2.65. The fourth-order valence-corrected chi connectivity index (χ4v) is 1.77. The lowest BCUT2D eigenvalue weighted by Crippen LogP contribution is -2.15. The predicted octanol–water partition coefficient (Wildman–Crippen LogP) is 3.43. The zero-order valence-electron chi connectivity index (χ0n) is 11.9. The van der Waals surface area contributed by atoms with Crippen molar-refractivity contribution in [3.05, 3.63) is 53.9 Å². The highest BCUT2D eigenvalue weighted by Gasteiger charge is 2.11. The lowest BCUT2D eigenvalue weighted by atomic mass is 10.2. The molecule has 2 rings (SSSR count). The number of hydrogen-bond acceptors (Lipinski definition) is 3. The Morgan fingerprint density at radius 1 is 1.25 bits per heavy atom. The van der Waals surface area contributed by atoms with Crippen LogP contribution in [0.25, 0.3) is 0 Å². The van der Waals surface area contributed by atoms with Crippen molar-refractivity contribution in [2.75, 3.05) is 5.32 Å². The minimum absolute atomic E-state index is 0.0464. The highest BCUT2D eigenvalue weighted by Crippen LogP contribution is 2.25. The molecule has 4 heteroatoms. The number of para-hydroxylation sites is 2. The average molecular weight is 270 g/mol. The Balaban J connectivity index is 2.19. The van der Waals surface area contributed by atoms with E-state index in [0.29, 0.717) is 17.1 Å². The molecule has 1 heterocycles. The maximum atomic E-state index is 12.2. The number of nitrogens with zero attached hydrogens (tertiary/aromatic N) is 1. The van der Waals surface area contributed by atoms with E-state index in [9.17, 15) is 4.79 Å². The minimum atomic E-state index is -0.242. The van der Waals surface area contributed by atoms with E-state index >= 15 is 0 Å². The fraction of sp³-hybridized carbons (Fsp3) is 0.250. The molecular weight excluding hydrogens is 252 g/mol. The topological polar surface area (TPSA) is 51.2 Å². The molecule has 0 fully saturated rings. The molecule has 0 aliphatic rings. The van der Waals surface area contributed by atoms with Crippen molar-refractivity contribution in [1.82, 2.24) is 4.98 Å². The molecule has 0 aliphatic carbocycles. The van der Waals surface area contributed by atoms with Crippen LogP contribution in [-0.4, -0.2) is 17.0 Å². The van der Waals surface area contributed by atoms with Crippen molar-refractivity contribution in [2.24, 2.45) is 0 Å². The summed E-state index contributed by atoms with van der Waals surface area (Å²) in [5, 5.41) is 2.83. The maximum absolute atomic E-state index is 12.2. The Morgan fingerprint density at radius 3 is 2.70 bits per heavy atom. The molecule has 0 bridgehead atoms. The van der Waals surface area contributed by atoms with Crippen molar-refractivity contribution in [3.8, 4) is 5.75 Å². The van der Waals surface area contributed by atoms with Crippen LogP contribution in [0.1, 0.15) is 29.9 Å². The first-order valence-electron chi connectivity index (χ1n) is 6.56. The zero-order chi connectivity index (χ0) is 14.5. The van der Waals surface area contributed by atoms with Crippen LogP contribution in [0.3, 0.4) is 0 Å². The van der Waals surface area contributed by atoms with Gasteiger partial charge < -0.3 is 10.1 Å². The van der Waals surface area contributed by atoms with E-state index in [4.69, 9.17) is 4.74 Å². The quantitative estimate of drug-likeness (QED) is 0.926. The van der Waals surface area contributed by atoms with Gasteiger partial charge in [0.1, 0.15) is 11.4 Å². The Bertz CT molecular complexity index is 609.